The Bertz CT molecular complexity index is 1220. The third-order valence-electron chi connectivity index (χ3n) is 5.76. The summed E-state index contributed by atoms with van der Waals surface area (Å²) in [6.07, 6.45) is 0.00486. The van der Waals surface area contributed by atoms with Crippen molar-refractivity contribution >= 4 is 11.0 Å². The zero-order valence-corrected chi connectivity index (χ0v) is 16.8. The zero-order valence-electron chi connectivity index (χ0n) is 16.8. The molecule has 0 aliphatic carbocycles. The number of aliphatic hydroxyl groups excluding tert-OH is 1. The Morgan fingerprint density at radius 1 is 1.20 bits per heavy atom. The highest BCUT2D eigenvalue weighted by Crippen LogP contribution is 2.34. The van der Waals surface area contributed by atoms with E-state index in [4.69, 9.17) is 9.51 Å². The number of para-hydroxylation sites is 2. The minimum Gasteiger partial charge on any atom is -0.392 e. The summed E-state index contributed by atoms with van der Waals surface area (Å²) in [5.41, 5.74) is 3.13. The van der Waals surface area contributed by atoms with Gasteiger partial charge >= 0.3 is 0 Å². The summed E-state index contributed by atoms with van der Waals surface area (Å²) in [5, 5.41) is 14.3. The van der Waals surface area contributed by atoms with Crippen molar-refractivity contribution in [1.29, 1.82) is 0 Å². The number of aliphatic hydroxyl groups is 1. The number of fused-ring (bicyclic) bond motifs is 1. The van der Waals surface area contributed by atoms with Crippen LogP contribution in [0.25, 0.3) is 22.4 Å². The van der Waals surface area contributed by atoms with Crippen LogP contribution in [0.15, 0.2) is 47.0 Å². The maximum atomic E-state index is 13.9. The van der Waals surface area contributed by atoms with Crippen LogP contribution in [0.3, 0.4) is 0 Å². The summed E-state index contributed by atoms with van der Waals surface area (Å²) >= 11 is 0. The Labute approximate surface area is 172 Å². The molecule has 30 heavy (non-hydrogen) atoms. The molecule has 1 aliphatic heterocycles. The van der Waals surface area contributed by atoms with Crippen LogP contribution in [0, 0.1) is 12.7 Å². The lowest BCUT2D eigenvalue weighted by molar-refractivity contribution is 0.167. The number of aromatic nitrogens is 4. The van der Waals surface area contributed by atoms with Crippen LogP contribution in [-0.4, -0.2) is 42.3 Å². The number of hydrogen-bond acceptors (Lipinski definition) is 6. The average Bonchev–Trinajstić information content (AvgIpc) is 3.43. The highest BCUT2D eigenvalue weighted by molar-refractivity contribution is 5.75. The first kappa shape index (κ1) is 18.9. The Balaban J connectivity index is 1.42. The molecule has 1 fully saturated rings. The number of halogens is 1. The van der Waals surface area contributed by atoms with Gasteiger partial charge < -0.3 is 14.2 Å². The molecular weight excluding hydrogens is 385 g/mol. The molecule has 2 atom stereocenters. The first-order chi connectivity index (χ1) is 14.5. The van der Waals surface area contributed by atoms with Crippen molar-refractivity contribution in [3.05, 3.63) is 65.6 Å². The number of rotatable bonds is 4. The van der Waals surface area contributed by atoms with Crippen LogP contribution in [-0.2, 0) is 13.6 Å². The first-order valence-electron chi connectivity index (χ1n) is 9.92. The maximum absolute atomic E-state index is 13.9. The van der Waals surface area contributed by atoms with Gasteiger partial charge in [0.25, 0.3) is 0 Å². The molecular formula is C22H22FN5O2. The Hall–Kier alpha value is -3.10. The van der Waals surface area contributed by atoms with E-state index in [1.165, 1.54) is 6.07 Å². The second kappa shape index (κ2) is 7.30. The molecule has 5 rings (SSSR count). The minimum absolute atomic E-state index is 0.226. The van der Waals surface area contributed by atoms with Gasteiger partial charge in [0.05, 0.1) is 29.7 Å². The molecule has 154 valence electrons. The van der Waals surface area contributed by atoms with Crippen molar-refractivity contribution in [3.8, 4) is 11.4 Å². The van der Waals surface area contributed by atoms with Crippen molar-refractivity contribution < 1.29 is 14.0 Å². The van der Waals surface area contributed by atoms with Crippen molar-refractivity contribution in [2.45, 2.75) is 32.0 Å². The fourth-order valence-corrected chi connectivity index (χ4v) is 4.05. The molecule has 0 radical (unpaired) electrons. The van der Waals surface area contributed by atoms with Gasteiger partial charge in [0.2, 0.25) is 11.7 Å². The lowest BCUT2D eigenvalue weighted by Gasteiger charge is -2.20. The fraction of sp³-hybridized carbons (Fsp3) is 0.318. The summed E-state index contributed by atoms with van der Waals surface area (Å²) in [6.45, 7) is 2.74. The summed E-state index contributed by atoms with van der Waals surface area (Å²) in [4.78, 5) is 11.3. The van der Waals surface area contributed by atoms with Crippen LogP contribution >= 0.6 is 0 Å². The number of imidazole rings is 1. The van der Waals surface area contributed by atoms with E-state index in [0.29, 0.717) is 42.4 Å². The fourth-order valence-electron chi connectivity index (χ4n) is 4.05. The quantitative estimate of drug-likeness (QED) is 0.559. The molecule has 0 amide bonds. The van der Waals surface area contributed by atoms with Crippen LogP contribution < -0.4 is 0 Å². The Morgan fingerprint density at radius 2 is 2.03 bits per heavy atom. The highest BCUT2D eigenvalue weighted by Gasteiger charge is 2.36. The maximum Gasteiger partial charge on any atom is 0.244 e. The van der Waals surface area contributed by atoms with Crippen LogP contribution in [0.5, 0.6) is 0 Å². The zero-order chi connectivity index (χ0) is 20.8. The molecule has 0 bridgehead atoms. The molecule has 1 aliphatic rings. The molecule has 0 spiro atoms. The number of β-amino-alcohol motifs (C(OH)–C–C–N with tert-alkyl or cyclic N) is 1. The van der Waals surface area contributed by atoms with Gasteiger partial charge in [-0.25, -0.2) is 9.37 Å². The van der Waals surface area contributed by atoms with Gasteiger partial charge in [-0.05, 0) is 37.1 Å². The molecule has 2 aromatic heterocycles. The van der Waals surface area contributed by atoms with E-state index in [0.717, 1.165) is 16.9 Å². The number of nitrogens with zero attached hydrogens (tertiary/aromatic N) is 5. The number of aryl methyl sites for hydroxylation is 2. The van der Waals surface area contributed by atoms with Crippen LogP contribution in [0.4, 0.5) is 4.39 Å². The lowest BCUT2D eigenvalue weighted by Crippen LogP contribution is -2.26. The monoisotopic (exact) mass is 407 g/mol. The van der Waals surface area contributed by atoms with E-state index in [1.54, 1.807) is 19.1 Å². The van der Waals surface area contributed by atoms with E-state index in [1.807, 2.05) is 31.3 Å². The predicted molar refractivity (Wildman–Crippen MR) is 109 cm³/mol. The average molecular weight is 407 g/mol. The smallest absolute Gasteiger partial charge is 0.244 e. The van der Waals surface area contributed by atoms with E-state index in [9.17, 15) is 9.50 Å². The largest absolute Gasteiger partial charge is 0.392 e. The second-order valence-corrected chi connectivity index (χ2v) is 7.83. The third kappa shape index (κ3) is 3.28. The second-order valence-electron chi connectivity index (χ2n) is 7.83. The first-order valence-corrected chi connectivity index (χ1v) is 9.92. The minimum atomic E-state index is -0.489. The molecule has 8 heteroatoms. The number of benzene rings is 2. The van der Waals surface area contributed by atoms with Crippen molar-refractivity contribution in [2.24, 2.45) is 7.05 Å². The summed E-state index contributed by atoms with van der Waals surface area (Å²) in [5.74, 6) is 1.35. The van der Waals surface area contributed by atoms with E-state index < -0.39 is 6.10 Å². The summed E-state index contributed by atoms with van der Waals surface area (Å²) in [6, 6.07) is 12.6. The molecule has 7 nitrogen and oxygen atoms in total. The van der Waals surface area contributed by atoms with Crippen LogP contribution in [0.2, 0.25) is 0 Å². The lowest BCUT2D eigenvalue weighted by atomic mass is 10.1. The topological polar surface area (TPSA) is 80.2 Å². The van der Waals surface area contributed by atoms with Gasteiger partial charge in [0.15, 0.2) is 0 Å². The molecule has 4 aromatic rings. The molecule has 2 aromatic carbocycles. The van der Waals surface area contributed by atoms with Crippen molar-refractivity contribution in [2.75, 3.05) is 6.54 Å². The van der Waals surface area contributed by atoms with Gasteiger partial charge in [0.1, 0.15) is 11.6 Å². The van der Waals surface area contributed by atoms with Gasteiger partial charge in [0, 0.05) is 19.2 Å². The van der Waals surface area contributed by atoms with Gasteiger partial charge in [-0.2, -0.15) is 4.98 Å². The SMILES string of the molecule is Cc1ccc(-c2noc([C@@H]3C[C@@H](O)CN3Cc3nc4ccccc4n3C)n2)cc1F. The third-order valence-corrected chi connectivity index (χ3v) is 5.76. The van der Waals surface area contributed by atoms with Crippen LogP contribution in [0.1, 0.15) is 29.7 Å². The Kier molecular flexibility index (Phi) is 4.60. The number of likely N-dealkylation sites (tertiary alicyclic amines) is 1. The standard InChI is InChI=1S/C22H22FN5O2/c1-13-7-8-14(9-16(13)23)21-25-22(30-26-21)19-10-15(29)11-28(19)12-20-24-17-5-3-4-6-18(17)27(20)2/h3-9,15,19,29H,10-12H2,1-2H3/t15-,19+/m1/s1. The van der Waals surface area contributed by atoms with Gasteiger partial charge in [-0.1, -0.05) is 29.4 Å². The van der Waals surface area contributed by atoms with E-state index >= 15 is 0 Å². The molecule has 1 N–H and O–H groups in total. The molecule has 3 heterocycles. The van der Waals surface area contributed by atoms with Crippen molar-refractivity contribution in [1.82, 2.24) is 24.6 Å². The normalized spacial score (nSPS) is 19.7. The summed E-state index contributed by atoms with van der Waals surface area (Å²) in [7, 11) is 1.99. The predicted octanol–water partition coefficient (Wildman–Crippen LogP) is 3.38. The van der Waals surface area contributed by atoms with Crippen molar-refractivity contribution in [3.63, 3.8) is 0 Å². The van der Waals surface area contributed by atoms with E-state index in [-0.39, 0.29) is 11.9 Å². The van der Waals surface area contributed by atoms with E-state index in [2.05, 4.69) is 19.6 Å². The molecule has 0 saturated carbocycles. The van der Waals surface area contributed by atoms with Gasteiger partial charge in [-0.3, -0.25) is 4.90 Å². The molecule has 1 saturated heterocycles. The number of hydrogen-bond donors (Lipinski definition) is 1. The van der Waals surface area contributed by atoms with Gasteiger partial charge in [-0.15, -0.1) is 0 Å². The summed E-state index contributed by atoms with van der Waals surface area (Å²) < 4.78 is 21.5. The Morgan fingerprint density at radius 3 is 2.83 bits per heavy atom. The highest BCUT2D eigenvalue weighted by atomic mass is 19.1. The molecule has 0 unspecified atom stereocenters.